The van der Waals surface area contributed by atoms with E-state index in [4.69, 9.17) is 4.74 Å². The molecule has 2 aromatic heterocycles. The minimum Gasteiger partial charge on any atom is -0.462 e. The van der Waals surface area contributed by atoms with Gasteiger partial charge in [0.2, 0.25) is 0 Å². The number of rotatable bonds is 4. The SMILES string of the molecule is CCOC(=O)c1cnn(Cc2ccc(Br)cn2)c1. The van der Waals surface area contributed by atoms with E-state index in [2.05, 4.69) is 26.0 Å². The van der Waals surface area contributed by atoms with Gasteiger partial charge in [0.15, 0.2) is 0 Å². The maximum Gasteiger partial charge on any atom is 0.341 e. The van der Waals surface area contributed by atoms with Gasteiger partial charge in [-0.25, -0.2) is 4.79 Å². The molecule has 0 saturated carbocycles. The van der Waals surface area contributed by atoms with Crippen LogP contribution in [0, 0.1) is 0 Å². The predicted octanol–water partition coefficient (Wildman–Crippen LogP) is 2.27. The molecule has 0 unspecified atom stereocenters. The Morgan fingerprint density at radius 2 is 2.28 bits per heavy atom. The van der Waals surface area contributed by atoms with E-state index in [0.29, 0.717) is 18.7 Å². The number of ether oxygens (including phenoxy) is 1. The third-order valence-electron chi connectivity index (χ3n) is 2.26. The Bertz CT molecular complexity index is 537. The predicted molar refractivity (Wildman–Crippen MR) is 69.2 cm³/mol. The molecule has 0 aliphatic rings. The maximum atomic E-state index is 11.5. The quantitative estimate of drug-likeness (QED) is 0.813. The van der Waals surface area contributed by atoms with E-state index < -0.39 is 0 Å². The molecular formula is C12H12BrN3O2. The lowest BCUT2D eigenvalue weighted by molar-refractivity contribution is 0.0526. The van der Waals surface area contributed by atoms with E-state index in [-0.39, 0.29) is 5.97 Å². The fraction of sp³-hybridized carbons (Fsp3) is 0.250. The zero-order valence-corrected chi connectivity index (χ0v) is 11.4. The number of aromatic nitrogens is 3. The van der Waals surface area contributed by atoms with Crippen molar-refractivity contribution in [1.29, 1.82) is 0 Å². The van der Waals surface area contributed by atoms with Crippen molar-refractivity contribution in [2.45, 2.75) is 13.5 Å². The van der Waals surface area contributed by atoms with Crippen LogP contribution in [0.1, 0.15) is 23.0 Å². The summed E-state index contributed by atoms with van der Waals surface area (Å²) in [6, 6.07) is 3.81. The average molecular weight is 310 g/mol. The van der Waals surface area contributed by atoms with E-state index in [1.807, 2.05) is 12.1 Å². The van der Waals surface area contributed by atoms with Crippen molar-refractivity contribution in [3.8, 4) is 0 Å². The van der Waals surface area contributed by atoms with Gasteiger partial charge in [0.1, 0.15) is 0 Å². The highest BCUT2D eigenvalue weighted by molar-refractivity contribution is 9.10. The van der Waals surface area contributed by atoms with Crippen molar-refractivity contribution < 1.29 is 9.53 Å². The maximum absolute atomic E-state index is 11.5. The number of carbonyl (C=O) groups is 1. The summed E-state index contributed by atoms with van der Waals surface area (Å²) < 4.78 is 7.48. The number of carbonyl (C=O) groups excluding carboxylic acids is 1. The lowest BCUT2D eigenvalue weighted by Crippen LogP contribution is -2.04. The molecule has 2 heterocycles. The van der Waals surface area contributed by atoms with Crippen LogP contribution >= 0.6 is 15.9 Å². The molecular weight excluding hydrogens is 298 g/mol. The molecule has 0 saturated heterocycles. The van der Waals surface area contributed by atoms with Gasteiger partial charge in [0, 0.05) is 16.9 Å². The first-order valence-electron chi connectivity index (χ1n) is 5.49. The lowest BCUT2D eigenvalue weighted by atomic mass is 10.3. The smallest absolute Gasteiger partial charge is 0.341 e. The molecule has 0 spiro atoms. The second-order valence-electron chi connectivity index (χ2n) is 3.61. The summed E-state index contributed by atoms with van der Waals surface area (Å²) in [6.45, 7) is 2.65. The summed E-state index contributed by atoms with van der Waals surface area (Å²) in [5.74, 6) is -0.354. The van der Waals surface area contributed by atoms with Crippen molar-refractivity contribution in [1.82, 2.24) is 14.8 Å². The first kappa shape index (κ1) is 12.8. The highest BCUT2D eigenvalue weighted by Crippen LogP contribution is 2.09. The van der Waals surface area contributed by atoms with Crippen LogP contribution in [0.4, 0.5) is 0 Å². The van der Waals surface area contributed by atoms with E-state index >= 15 is 0 Å². The van der Waals surface area contributed by atoms with Crippen LogP contribution in [-0.4, -0.2) is 27.3 Å². The number of hydrogen-bond acceptors (Lipinski definition) is 4. The molecule has 2 aromatic rings. The Balaban J connectivity index is 2.06. The molecule has 0 bridgehead atoms. The van der Waals surface area contributed by atoms with Crippen LogP contribution in [0.5, 0.6) is 0 Å². The standard InChI is InChI=1S/C12H12BrN3O2/c1-2-18-12(17)9-5-15-16(7-9)8-11-4-3-10(13)6-14-11/h3-7H,2,8H2,1H3. The topological polar surface area (TPSA) is 57.0 Å². The van der Waals surface area contributed by atoms with Crippen LogP contribution in [0.2, 0.25) is 0 Å². The Kier molecular flexibility index (Phi) is 4.09. The van der Waals surface area contributed by atoms with Gasteiger partial charge in [0.25, 0.3) is 0 Å². The highest BCUT2D eigenvalue weighted by Gasteiger charge is 2.09. The van der Waals surface area contributed by atoms with E-state index in [1.165, 1.54) is 6.20 Å². The van der Waals surface area contributed by atoms with Gasteiger partial charge in [0.05, 0.1) is 30.6 Å². The second-order valence-corrected chi connectivity index (χ2v) is 4.53. The number of pyridine rings is 1. The lowest BCUT2D eigenvalue weighted by Gasteiger charge is -2.01. The third kappa shape index (κ3) is 3.16. The summed E-state index contributed by atoms with van der Waals surface area (Å²) in [5.41, 5.74) is 1.32. The molecule has 94 valence electrons. The minimum atomic E-state index is -0.354. The Morgan fingerprint density at radius 3 is 2.94 bits per heavy atom. The molecule has 0 amide bonds. The normalized spacial score (nSPS) is 10.3. The fourth-order valence-electron chi connectivity index (χ4n) is 1.44. The monoisotopic (exact) mass is 309 g/mol. The summed E-state index contributed by atoms with van der Waals surface area (Å²) in [5, 5.41) is 4.10. The zero-order valence-electron chi connectivity index (χ0n) is 9.84. The first-order chi connectivity index (χ1) is 8.69. The largest absolute Gasteiger partial charge is 0.462 e. The van der Waals surface area contributed by atoms with Crippen LogP contribution in [0.3, 0.4) is 0 Å². The Hall–Kier alpha value is -1.69. The van der Waals surface area contributed by atoms with Gasteiger partial charge < -0.3 is 4.74 Å². The summed E-state index contributed by atoms with van der Waals surface area (Å²) in [7, 11) is 0. The van der Waals surface area contributed by atoms with E-state index in [9.17, 15) is 4.79 Å². The molecule has 5 nitrogen and oxygen atoms in total. The van der Waals surface area contributed by atoms with Gasteiger partial charge >= 0.3 is 5.97 Å². The number of hydrogen-bond donors (Lipinski definition) is 0. The number of esters is 1. The van der Waals surface area contributed by atoms with Crippen LogP contribution in [0.15, 0.2) is 35.2 Å². The average Bonchev–Trinajstić information content (AvgIpc) is 2.81. The van der Waals surface area contributed by atoms with Crippen molar-refractivity contribution in [2.24, 2.45) is 0 Å². The van der Waals surface area contributed by atoms with Crippen molar-refractivity contribution >= 4 is 21.9 Å². The highest BCUT2D eigenvalue weighted by atomic mass is 79.9. The molecule has 2 rings (SSSR count). The van der Waals surface area contributed by atoms with Gasteiger partial charge in [-0.05, 0) is 35.0 Å². The molecule has 0 aliphatic carbocycles. The van der Waals surface area contributed by atoms with Crippen LogP contribution in [0.25, 0.3) is 0 Å². The molecule has 0 aliphatic heterocycles. The molecule has 6 heteroatoms. The van der Waals surface area contributed by atoms with Crippen molar-refractivity contribution in [3.63, 3.8) is 0 Å². The molecule has 0 aromatic carbocycles. The molecule has 0 atom stereocenters. The van der Waals surface area contributed by atoms with Gasteiger partial charge in [-0.1, -0.05) is 0 Å². The minimum absolute atomic E-state index is 0.354. The number of halogens is 1. The van der Waals surface area contributed by atoms with E-state index in [1.54, 1.807) is 24.0 Å². The van der Waals surface area contributed by atoms with Gasteiger partial charge in [-0.2, -0.15) is 5.10 Å². The third-order valence-corrected chi connectivity index (χ3v) is 2.73. The van der Waals surface area contributed by atoms with Crippen molar-refractivity contribution in [2.75, 3.05) is 6.61 Å². The molecule has 0 N–H and O–H groups in total. The van der Waals surface area contributed by atoms with Gasteiger partial charge in [-0.15, -0.1) is 0 Å². The fourth-order valence-corrected chi connectivity index (χ4v) is 1.67. The van der Waals surface area contributed by atoms with Crippen LogP contribution in [-0.2, 0) is 11.3 Å². The number of nitrogens with zero attached hydrogens (tertiary/aromatic N) is 3. The Labute approximate surface area is 113 Å². The van der Waals surface area contributed by atoms with E-state index in [0.717, 1.165) is 10.2 Å². The zero-order chi connectivity index (χ0) is 13.0. The van der Waals surface area contributed by atoms with Crippen molar-refractivity contribution in [3.05, 3.63) is 46.5 Å². The summed E-state index contributed by atoms with van der Waals surface area (Å²) in [4.78, 5) is 15.7. The Morgan fingerprint density at radius 1 is 1.44 bits per heavy atom. The van der Waals surface area contributed by atoms with Gasteiger partial charge in [-0.3, -0.25) is 9.67 Å². The molecule has 0 radical (unpaired) electrons. The van der Waals surface area contributed by atoms with Crippen LogP contribution < -0.4 is 0 Å². The first-order valence-corrected chi connectivity index (χ1v) is 6.28. The molecule has 18 heavy (non-hydrogen) atoms. The second kappa shape index (κ2) is 5.77. The molecule has 0 fully saturated rings. The summed E-state index contributed by atoms with van der Waals surface area (Å²) in [6.07, 6.45) is 4.88. The summed E-state index contributed by atoms with van der Waals surface area (Å²) >= 11 is 3.33.